The Morgan fingerprint density at radius 3 is 2.28 bits per heavy atom. The van der Waals surface area contributed by atoms with E-state index in [9.17, 15) is 13.2 Å². The van der Waals surface area contributed by atoms with Crippen LogP contribution in [0, 0.1) is 13.8 Å². The van der Waals surface area contributed by atoms with Gasteiger partial charge in [0.25, 0.3) is 15.6 Å². The second kappa shape index (κ2) is 5.92. The van der Waals surface area contributed by atoms with Crippen LogP contribution in [0.1, 0.15) is 11.4 Å². The second-order valence-electron chi connectivity index (χ2n) is 5.79. The van der Waals surface area contributed by atoms with Gasteiger partial charge in [0, 0.05) is 20.3 Å². The zero-order valence-electron chi connectivity index (χ0n) is 14.4. The molecule has 0 atom stereocenters. The summed E-state index contributed by atoms with van der Waals surface area (Å²) in [5.41, 5.74) is 1.12. The van der Waals surface area contributed by atoms with Gasteiger partial charge in [-0.15, -0.1) is 0 Å². The second-order valence-corrected chi connectivity index (χ2v) is 7.45. The lowest BCUT2D eigenvalue weighted by Crippen LogP contribution is -2.23. The van der Waals surface area contributed by atoms with Crippen molar-refractivity contribution in [2.45, 2.75) is 18.7 Å². The summed E-state index contributed by atoms with van der Waals surface area (Å²) >= 11 is 0. The van der Waals surface area contributed by atoms with Crippen LogP contribution in [0.5, 0.6) is 0 Å². The monoisotopic (exact) mass is 361 g/mol. The lowest BCUT2D eigenvalue weighted by molar-refractivity contribution is 0.600. The summed E-state index contributed by atoms with van der Waals surface area (Å²) in [7, 11) is -0.568. The fraction of sp³-hybridized carbons (Fsp3) is 0.250. The summed E-state index contributed by atoms with van der Waals surface area (Å²) in [5.74, 6) is 0. The van der Waals surface area contributed by atoms with E-state index in [1.54, 1.807) is 44.8 Å². The van der Waals surface area contributed by atoms with Gasteiger partial charge in [0.05, 0.1) is 17.1 Å². The van der Waals surface area contributed by atoms with Crippen molar-refractivity contribution in [1.82, 2.24) is 19.1 Å². The van der Waals surface area contributed by atoms with E-state index in [0.717, 1.165) is 0 Å². The number of nitrogens with zero attached hydrogens (tertiary/aromatic N) is 4. The minimum absolute atomic E-state index is 0.0228. The molecular weight excluding hydrogens is 342 g/mol. The van der Waals surface area contributed by atoms with Crippen molar-refractivity contribution in [3.05, 3.63) is 58.3 Å². The molecule has 0 saturated carbocycles. The Hall–Kier alpha value is -2.81. The van der Waals surface area contributed by atoms with E-state index in [1.807, 2.05) is 18.2 Å². The minimum Gasteiger partial charge on any atom is -0.283 e. The molecule has 0 spiro atoms. The predicted molar refractivity (Wildman–Crippen MR) is 94.5 cm³/mol. The molecule has 2 aromatic heterocycles. The van der Waals surface area contributed by atoms with E-state index in [0.29, 0.717) is 17.1 Å². The summed E-state index contributed by atoms with van der Waals surface area (Å²) in [5, 5.41) is 4.04. The first-order valence-electron chi connectivity index (χ1n) is 7.59. The molecule has 0 aliphatic carbocycles. The van der Waals surface area contributed by atoms with Crippen LogP contribution in [0.2, 0.25) is 0 Å². The summed E-state index contributed by atoms with van der Waals surface area (Å²) in [4.78, 5) is 12.8. The number of rotatable bonds is 4. The Kier molecular flexibility index (Phi) is 4.03. The molecule has 0 saturated heterocycles. The van der Waals surface area contributed by atoms with Crippen LogP contribution >= 0.6 is 0 Å². The molecule has 9 heteroatoms. The number of aromatic nitrogens is 4. The van der Waals surface area contributed by atoms with Crippen LogP contribution in [0.3, 0.4) is 0 Å². The molecule has 8 nitrogen and oxygen atoms in total. The first-order chi connectivity index (χ1) is 11.7. The fourth-order valence-electron chi connectivity index (χ4n) is 2.72. The SMILES string of the molecule is Cc1nn(C)cc1S(=O)(=O)Nc1c(C)n(C)n(-c2ccccc2)c1=O. The van der Waals surface area contributed by atoms with E-state index in [2.05, 4.69) is 9.82 Å². The maximum absolute atomic E-state index is 12.8. The zero-order valence-corrected chi connectivity index (χ0v) is 15.2. The molecule has 0 bridgehead atoms. The molecule has 2 heterocycles. The number of hydrogen-bond donors (Lipinski definition) is 1. The molecule has 0 fully saturated rings. The van der Waals surface area contributed by atoms with Gasteiger partial charge in [-0.25, -0.2) is 13.1 Å². The number of hydrogen-bond acceptors (Lipinski definition) is 4. The topological polar surface area (TPSA) is 90.9 Å². The molecule has 3 rings (SSSR count). The summed E-state index contributed by atoms with van der Waals surface area (Å²) in [6.45, 7) is 3.30. The highest BCUT2D eigenvalue weighted by Gasteiger charge is 2.25. The third-order valence-corrected chi connectivity index (χ3v) is 5.50. The number of para-hydroxylation sites is 1. The Morgan fingerprint density at radius 1 is 1.08 bits per heavy atom. The van der Waals surface area contributed by atoms with E-state index in [-0.39, 0.29) is 10.6 Å². The van der Waals surface area contributed by atoms with Crippen molar-refractivity contribution >= 4 is 15.7 Å². The molecule has 0 unspecified atom stereocenters. The maximum atomic E-state index is 12.8. The lowest BCUT2D eigenvalue weighted by atomic mass is 10.3. The van der Waals surface area contributed by atoms with Crippen LogP contribution in [-0.2, 0) is 24.1 Å². The van der Waals surface area contributed by atoms with E-state index < -0.39 is 15.6 Å². The first-order valence-corrected chi connectivity index (χ1v) is 9.08. The largest absolute Gasteiger partial charge is 0.296 e. The van der Waals surface area contributed by atoms with E-state index >= 15 is 0 Å². The molecule has 0 aliphatic rings. The van der Waals surface area contributed by atoms with E-state index in [1.165, 1.54) is 15.6 Å². The third-order valence-electron chi connectivity index (χ3n) is 4.05. The molecule has 25 heavy (non-hydrogen) atoms. The van der Waals surface area contributed by atoms with Gasteiger partial charge >= 0.3 is 0 Å². The highest BCUT2D eigenvalue weighted by molar-refractivity contribution is 7.92. The lowest BCUT2D eigenvalue weighted by Gasteiger charge is -2.07. The number of nitrogens with one attached hydrogen (secondary N) is 1. The normalized spacial score (nSPS) is 11.7. The zero-order chi connectivity index (χ0) is 18.4. The van der Waals surface area contributed by atoms with Gasteiger partial charge < -0.3 is 0 Å². The fourth-order valence-corrected chi connectivity index (χ4v) is 4.05. The molecule has 132 valence electrons. The van der Waals surface area contributed by atoms with Crippen molar-refractivity contribution in [3.63, 3.8) is 0 Å². The van der Waals surface area contributed by atoms with Crippen molar-refractivity contribution < 1.29 is 8.42 Å². The third kappa shape index (κ3) is 2.86. The summed E-state index contributed by atoms with van der Waals surface area (Å²) in [6.07, 6.45) is 1.41. The number of benzene rings is 1. The summed E-state index contributed by atoms with van der Waals surface area (Å²) < 4.78 is 32.2. The van der Waals surface area contributed by atoms with Crippen molar-refractivity contribution in [1.29, 1.82) is 0 Å². The van der Waals surface area contributed by atoms with Crippen LogP contribution in [0.15, 0.2) is 46.2 Å². The van der Waals surface area contributed by atoms with E-state index in [4.69, 9.17) is 0 Å². The first kappa shape index (κ1) is 17.0. The van der Waals surface area contributed by atoms with Gasteiger partial charge in [0.15, 0.2) is 0 Å². The van der Waals surface area contributed by atoms with Gasteiger partial charge in [0.2, 0.25) is 0 Å². The van der Waals surface area contributed by atoms with Gasteiger partial charge in [-0.2, -0.15) is 5.10 Å². The maximum Gasteiger partial charge on any atom is 0.296 e. The Labute approximate surface area is 145 Å². The smallest absolute Gasteiger partial charge is 0.283 e. The molecule has 1 aromatic carbocycles. The van der Waals surface area contributed by atoms with Gasteiger partial charge in [-0.3, -0.25) is 18.9 Å². The minimum atomic E-state index is -3.91. The molecule has 3 aromatic rings. The van der Waals surface area contributed by atoms with Gasteiger partial charge in [-0.1, -0.05) is 18.2 Å². The van der Waals surface area contributed by atoms with Crippen LogP contribution in [-0.4, -0.2) is 27.6 Å². The molecule has 1 N–H and O–H groups in total. The Morgan fingerprint density at radius 2 is 1.72 bits per heavy atom. The highest BCUT2D eigenvalue weighted by Crippen LogP contribution is 2.20. The average Bonchev–Trinajstić information content (AvgIpc) is 3.01. The number of aryl methyl sites for hydroxylation is 2. The van der Waals surface area contributed by atoms with Crippen LogP contribution in [0.25, 0.3) is 5.69 Å². The molecule has 0 aliphatic heterocycles. The standard InChI is InChI=1S/C16H19N5O3S/c1-11-14(10-19(3)17-11)25(23,24)18-15-12(2)20(4)21(16(15)22)13-8-6-5-7-9-13/h5-10,18H,1-4H3. The van der Waals surface area contributed by atoms with Gasteiger partial charge in [0.1, 0.15) is 10.6 Å². The van der Waals surface area contributed by atoms with Crippen LogP contribution < -0.4 is 10.3 Å². The molecule has 0 amide bonds. The van der Waals surface area contributed by atoms with Crippen molar-refractivity contribution in [2.75, 3.05) is 4.72 Å². The van der Waals surface area contributed by atoms with Crippen molar-refractivity contribution in [2.24, 2.45) is 14.1 Å². The van der Waals surface area contributed by atoms with Gasteiger partial charge in [-0.05, 0) is 26.0 Å². The highest BCUT2D eigenvalue weighted by atomic mass is 32.2. The number of anilines is 1. The number of sulfonamides is 1. The Balaban J connectivity index is 2.11. The molecule has 0 radical (unpaired) electrons. The predicted octanol–water partition coefficient (Wildman–Crippen LogP) is 1.33. The Bertz CT molecular complexity index is 1090. The van der Waals surface area contributed by atoms with Crippen molar-refractivity contribution in [3.8, 4) is 5.69 Å². The summed E-state index contributed by atoms with van der Waals surface area (Å²) in [6, 6.07) is 9.04. The average molecular weight is 361 g/mol. The molecular formula is C16H19N5O3S. The quantitative estimate of drug-likeness (QED) is 0.759. The van der Waals surface area contributed by atoms with Crippen LogP contribution in [0.4, 0.5) is 5.69 Å².